The third-order valence-corrected chi connectivity index (χ3v) is 4.48. The van der Waals surface area contributed by atoms with Gasteiger partial charge >= 0.3 is 0 Å². The quantitative estimate of drug-likeness (QED) is 0.858. The highest BCUT2D eigenvalue weighted by molar-refractivity contribution is 5.41. The van der Waals surface area contributed by atoms with Crippen LogP contribution in [0.4, 0.5) is 0 Å². The zero-order valence-electron chi connectivity index (χ0n) is 12.1. The number of allylic oxidation sites excluding steroid dienone is 1. The van der Waals surface area contributed by atoms with Crippen molar-refractivity contribution in [3.8, 4) is 0 Å². The van der Waals surface area contributed by atoms with Gasteiger partial charge < -0.3 is 10.2 Å². The first-order valence-electron chi connectivity index (χ1n) is 7.77. The molecule has 2 aliphatic rings. The van der Waals surface area contributed by atoms with E-state index in [4.69, 9.17) is 0 Å². The molecule has 2 heteroatoms. The van der Waals surface area contributed by atoms with Gasteiger partial charge in [-0.15, -0.1) is 0 Å². The molecule has 1 unspecified atom stereocenters. The number of nitrogens with one attached hydrogen (secondary N) is 1. The normalized spacial score (nSPS) is 20.7. The smallest absolute Gasteiger partial charge is 0.0983 e. The van der Waals surface area contributed by atoms with E-state index in [9.17, 15) is 0 Å². The Balaban J connectivity index is 1.88. The number of benzene rings is 2. The second-order valence-electron chi connectivity index (χ2n) is 5.78. The van der Waals surface area contributed by atoms with Crippen LogP contribution >= 0.6 is 0 Å². The van der Waals surface area contributed by atoms with E-state index < -0.39 is 0 Å². The van der Waals surface area contributed by atoms with Gasteiger partial charge in [0.1, 0.15) is 0 Å². The van der Waals surface area contributed by atoms with E-state index in [1.165, 1.54) is 28.9 Å². The molecule has 21 heavy (non-hydrogen) atoms. The summed E-state index contributed by atoms with van der Waals surface area (Å²) in [5.74, 6) is 1.30. The molecule has 1 fully saturated rings. The number of hydrogen-bond acceptors (Lipinski definition) is 2. The van der Waals surface area contributed by atoms with Crippen LogP contribution in [0.2, 0.25) is 0 Å². The van der Waals surface area contributed by atoms with E-state index in [0.717, 1.165) is 19.5 Å². The van der Waals surface area contributed by atoms with Crippen molar-refractivity contribution in [2.75, 3.05) is 13.1 Å². The van der Waals surface area contributed by atoms with E-state index >= 15 is 0 Å². The lowest BCUT2D eigenvalue weighted by molar-refractivity contribution is 0.238. The minimum absolute atomic E-state index is 0.323. The summed E-state index contributed by atoms with van der Waals surface area (Å²) >= 11 is 0. The second-order valence-corrected chi connectivity index (χ2v) is 5.78. The molecule has 106 valence electrons. The molecule has 0 amide bonds. The Bertz CT molecular complexity index is 660. The van der Waals surface area contributed by atoms with Crippen LogP contribution in [-0.2, 0) is 6.42 Å². The average Bonchev–Trinajstić information content (AvgIpc) is 2.72. The minimum Gasteiger partial charge on any atom is -0.372 e. The van der Waals surface area contributed by atoms with Gasteiger partial charge in [0.2, 0.25) is 0 Å². The van der Waals surface area contributed by atoms with Gasteiger partial charge in [-0.05, 0) is 35.6 Å². The maximum atomic E-state index is 3.58. The fraction of sp³-hybridized carbons (Fsp3) is 0.263. The molecule has 2 aliphatic heterocycles. The third kappa shape index (κ3) is 2.21. The van der Waals surface area contributed by atoms with E-state index in [1.807, 2.05) is 0 Å². The molecule has 0 saturated carbocycles. The first kappa shape index (κ1) is 12.5. The lowest BCUT2D eigenvalue weighted by Gasteiger charge is -2.39. The fourth-order valence-corrected chi connectivity index (χ4v) is 3.50. The summed E-state index contributed by atoms with van der Waals surface area (Å²) in [5, 5.41) is 3.58. The van der Waals surface area contributed by atoms with Crippen LogP contribution in [0.15, 0.2) is 66.5 Å². The summed E-state index contributed by atoms with van der Waals surface area (Å²) in [6.45, 7) is 2.20. The van der Waals surface area contributed by atoms with Crippen molar-refractivity contribution >= 4 is 0 Å². The third-order valence-electron chi connectivity index (χ3n) is 4.48. The molecule has 2 nitrogen and oxygen atoms in total. The van der Waals surface area contributed by atoms with Gasteiger partial charge in [0.15, 0.2) is 0 Å². The van der Waals surface area contributed by atoms with Gasteiger partial charge in [-0.2, -0.15) is 0 Å². The summed E-state index contributed by atoms with van der Waals surface area (Å²) < 4.78 is 0. The molecule has 0 aromatic heterocycles. The monoisotopic (exact) mass is 276 g/mol. The molecule has 1 atom stereocenters. The molecular weight excluding hydrogens is 256 g/mol. The van der Waals surface area contributed by atoms with Gasteiger partial charge in [-0.3, -0.25) is 0 Å². The molecule has 4 rings (SSSR count). The Kier molecular flexibility index (Phi) is 3.15. The van der Waals surface area contributed by atoms with Crippen molar-refractivity contribution in [1.82, 2.24) is 10.2 Å². The number of fused-ring (bicyclic) bond motifs is 2. The Labute approximate surface area is 126 Å². The first-order chi connectivity index (χ1) is 10.4. The average molecular weight is 276 g/mol. The molecule has 0 bridgehead atoms. The summed E-state index contributed by atoms with van der Waals surface area (Å²) in [6, 6.07) is 20.1. The Morgan fingerprint density at radius 3 is 2.67 bits per heavy atom. The van der Waals surface area contributed by atoms with Crippen LogP contribution < -0.4 is 5.32 Å². The SMILES string of the molecule is C1=C2NCCCN2C(c2ccccc2)c2ccccc2C1. The van der Waals surface area contributed by atoms with Gasteiger partial charge in [0.05, 0.1) is 11.9 Å². The molecule has 0 aliphatic carbocycles. The maximum absolute atomic E-state index is 3.58. The van der Waals surface area contributed by atoms with Crippen LogP contribution in [0, 0.1) is 0 Å². The van der Waals surface area contributed by atoms with Crippen molar-refractivity contribution in [2.24, 2.45) is 0 Å². The van der Waals surface area contributed by atoms with Crippen LogP contribution in [-0.4, -0.2) is 18.0 Å². The predicted octanol–water partition coefficient (Wildman–Crippen LogP) is 3.47. The van der Waals surface area contributed by atoms with Gasteiger partial charge in [-0.1, -0.05) is 54.6 Å². The van der Waals surface area contributed by atoms with Crippen molar-refractivity contribution in [3.05, 3.63) is 83.2 Å². The Morgan fingerprint density at radius 1 is 0.952 bits per heavy atom. The molecule has 0 spiro atoms. The van der Waals surface area contributed by atoms with Crippen molar-refractivity contribution in [1.29, 1.82) is 0 Å². The van der Waals surface area contributed by atoms with E-state index in [1.54, 1.807) is 0 Å². The van der Waals surface area contributed by atoms with Crippen LogP contribution in [0.1, 0.15) is 29.2 Å². The van der Waals surface area contributed by atoms with Crippen LogP contribution in [0.3, 0.4) is 0 Å². The van der Waals surface area contributed by atoms with Crippen LogP contribution in [0.5, 0.6) is 0 Å². The molecular formula is C19H20N2. The Hall–Kier alpha value is -2.22. The molecule has 1 N–H and O–H groups in total. The minimum atomic E-state index is 0.323. The fourth-order valence-electron chi connectivity index (χ4n) is 3.50. The summed E-state index contributed by atoms with van der Waals surface area (Å²) in [6.07, 6.45) is 4.56. The summed E-state index contributed by atoms with van der Waals surface area (Å²) in [7, 11) is 0. The molecule has 1 saturated heterocycles. The summed E-state index contributed by atoms with van der Waals surface area (Å²) in [4.78, 5) is 2.53. The van der Waals surface area contributed by atoms with Gasteiger partial charge in [0.25, 0.3) is 0 Å². The molecule has 0 radical (unpaired) electrons. The van der Waals surface area contributed by atoms with Crippen molar-refractivity contribution in [3.63, 3.8) is 0 Å². The number of nitrogens with zero attached hydrogens (tertiary/aromatic N) is 1. The Morgan fingerprint density at radius 2 is 1.76 bits per heavy atom. The van der Waals surface area contributed by atoms with Crippen molar-refractivity contribution < 1.29 is 0 Å². The van der Waals surface area contributed by atoms with E-state index in [-0.39, 0.29) is 0 Å². The number of rotatable bonds is 1. The zero-order valence-corrected chi connectivity index (χ0v) is 12.1. The highest BCUT2D eigenvalue weighted by atomic mass is 15.3. The highest BCUT2D eigenvalue weighted by Gasteiger charge is 2.29. The zero-order chi connectivity index (χ0) is 14.1. The molecule has 2 aromatic carbocycles. The standard InChI is InChI=1S/C19H20N2/c1-2-8-16(9-3-1)19-17-10-5-4-7-15(17)11-12-18-20-13-6-14-21(18)19/h1-5,7-10,12,19-20H,6,11,13-14H2. The number of hydrogen-bond donors (Lipinski definition) is 1. The lowest BCUT2D eigenvalue weighted by atomic mass is 9.93. The van der Waals surface area contributed by atoms with Crippen molar-refractivity contribution in [2.45, 2.75) is 18.9 Å². The topological polar surface area (TPSA) is 15.3 Å². The van der Waals surface area contributed by atoms with Gasteiger partial charge in [-0.25, -0.2) is 0 Å². The first-order valence-corrected chi connectivity index (χ1v) is 7.77. The molecule has 2 aromatic rings. The second kappa shape index (κ2) is 5.28. The largest absolute Gasteiger partial charge is 0.372 e. The predicted molar refractivity (Wildman–Crippen MR) is 85.8 cm³/mol. The summed E-state index contributed by atoms with van der Waals surface area (Å²) in [5.41, 5.74) is 4.26. The lowest BCUT2D eigenvalue weighted by Crippen LogP contribution is -2.41. The van der Waals surface area contributed by atoms with E-state index in [0.29, 0.717) is 6.04 Å². The van der Waals surface area contributed by atoms with Crippen LogP contribution in [0.25, 0.3) is 0 Å². The molecule has 2 heterocycles. The maximum Gasteiger partial charge on any atom is 0.0983 e. The van der Waals surface area contributed by atoms with Gasteiger partial charge in [0, 0.05) is 13.1 Å². The van der Waals surface area contributed by atoms with E-state index in [2.05, 4.69) is 70.9 Å². The highest BCUT2D eigenvalue weighted by Crippen LogP contribution is 2.36.